The van der Waals surface area contributed by atoms with Crippen LogP contribution < -0.4 is 25.4 Å². The number of rotatable bonds is 2. The second-order valence-electron chi connectivity index (χ2n) is 9.04. The maximum absolute atomic E-state index is 6.37. The van der Waals surface area contributed by atoms with Gasteiger partial charge < -0.3 is 14.4 Å². The third-order valence-electron chi connectivity index (χ3n) is 7.11. The molecule has 0 N–H and O–H groups in total. The van der Waals surface area contributed by atoms with Gasteiger partial charge in [0.1, 0.15) is 11.5 Å². The molecule has 0 unspecified atom stereocenters. The predicted molar refractivity (Wildman–Crippen MR) is 147 cm³/mol. The van der Waals surface area contributed by atoms with Gasteiger partial charge in [0, 0.05) is 12.6 Å². The van der Waals surface area contributed by atoms with E-state index in [4.69, 9.17) is 4.74 Å². The average molecular weight is 450 g/mol. The van der Waals surface area contributed by atoms with Gasteiger partial charge in [-0.25, -0.2) is 0 Å². The summed E-state index contributed by atoms with van der Waals surface area (Å²) in [6.45, 7) is -0.0328. The first-order valence-corrected chi connectivity index (χ1v) is 12.0. The maximum Gasteiger partial charge on any atom is 0.335 e. The van der Waals surface area contributed by atoms with Crippen molar-refractivity contribution < 1.29 is 4.74 Å². The minimum Gasteiger partial charge on any atom is -0.458 e. The van der Waals surface area contributed by atoms with Gasteiger partial charge in [0.05, 0.1) is 22.7 Å². The topological polar surface area (TPSA) is 15.7 Å². The number of hydrogen-bond donors (Lipinski definition) is 0. The second kappa shape index (κ2) is 7.81. The van der Waals surface area contributed by atoms with E-state index in [9.17, 15) is 0 Å². The highest BCUT2D eigenvalue weighted by atomic mass is 16.5. The molecule has 0 aliphatic carbocycles. The SMILES string of the molecule is CN1c2ccccc2N(B2c3ccccc3Oc3ccccc32)c2c(-c3ccccc3)cccc21. The van der Waals surface area contributed by atoms with Crippen molar-refractivity contribution in [3.05, 3.63) is 121 Å². The van der Waals surface area contributed by atoms with Crippen molar-refractivity contribution in [1.82, 2.24) is 0 Å². The Kier molecular flexibility index (Phi) is 4.46. The zero-order valence-electron chi connectivity index (χ0n) is 19.4. The molecular weight excluding hydrogens is 427 g/mol. The van der Waals surface area contributed by atoms with E-state index in [2.05, 4.69) is 126 Å². The lowest BCUT2D eigenvalue weighted by Crippen LogP contribution is -2.58. The Morgan fingerprint density at radius 1 is 0.543 bits per heavy atom. The Balaban J connectivity index is 1.57. The van der Waals surface area contributed by atoms with E-state index in [1.54, 1.807) is 0 Å². The summed E-state index contributed by atoms with van der Waals surface area (Å²) >= 11 is 0. The molecule has 7 rings (SSSR count). The van der Waals surface area contributed by atoms with Crippen LogP contribution in [0.15, 0.2) is 121 Å². The summed E-state index contributed by atoms with van der Waals surface area (Å²) in [6.07, 6.45) is 0. The Morgan fingerprint density at radius 2 is 1.11 bits per heavy atom. The van der Waals surface area contributed by atoms with Crippen molar-refractivity contribution in [3.63, 3.8) is 0 Å². The second-order valence-corrected chi connectivity index (χ2v) is 9.04. The van der Waals surface area contributed by atoms with E-state index >= 15 is 0 Å². The molecule has 0 radical (unpaired) electrons. The Hall–Kier alpha value is -4.44. The molecule has 166 valence electrons. The molecule has 5 aromatic carbocycles. The monoisotopic (exact) mass is 450 g/mol. The zero-order valence-corrected chi connectivity index (χ0v) is 19.4. The highest BCUT2D eigenvalue weighted by Gasteiger charge is 2.42. The van der Waals surface area contributed by atoms with E-state index in [-0.39, 0.29) is 6.85 Å². The van der Waals surface area contributed by atoms with E-state index in [1.165, 1.54) is 44.8 Å². The van der Waals surface area contributed by atoms with Crippen LogP contribution in [0.25, 0.3) is 11.1 Å². The van der Waals surface area contributed by atoms with Gasteiger partial charge in [-0.1, -0.05) is 91.0 Å². The molecule has 2 aliphatic heterocycles. The van der Waals surface area contributed by atoms with Crippen molar-refractivity contribution in [1.29, 1.82) is 0 Å². The van der Waals surface area contributed by atoms with Crippen LogP contribution in [-0.4, -0.2) is 13.9 Å². The van der Waals surface area contributed by atoms with Gasteiger partial charge in [-0.15, -0.1) is 0 Å². The summed E-state index contributed by atoms with van der Waals surface area (Å²) in [4.78, 5) is 4.83. The maximum atomic E-state index is 6.37. The van der Waals surface area contributed by atoms with Crippen LogP contribution in [-0.2, 0) is 0 Å². The number of nitrogens with zero attached hydrogens (tertiary/aromatic N) is 2. The fourth-order valence-corrected chi connectivity index (χ4v) is 5.54. The molecule has 0 spiro atoms. The number of fused-ring (bicyclic) bond motifs is 4. The summed E-state index contributed by atoms with van der Waals surface area (Å²) in [6, 6.07) is 42.8. The molecule has 0 aromatic heterocycles. The molecule has 0 saturated carbocycles. The first kappa shape index (κ1) is 20.0. The molecular formula is C31H23BN2O. The lowest BCUT2D eigenvalue weighted by atomic mass is 9.47. The number of hydrogen-bond acceptors (Lipinski definition) is 3. The normalized spacial score (nSPS) is 13.3. The van der Waals surface area contributed by atoms with Crippen molar-refractivity contribution >= 4 is 40.5 Å². The Morgan fingerprint density at radius 3 is 1.83 bits per heavy atom. The van der Waals surface area contributed by atoms with Crippen LogP contribution in [0.3, 0.4) is 0 Å². The molecule has 35 heavy (non-hydrogen) atoms. The van der Waals surface area contributed by atoms with Crippen molar-refractivity contribution in [3.8, 4) is 22.6 Å². The van der Waals surface area contributed by atoms with Crippen molar-refractivity contribution in [2.75, 3.05) is 16.8 Å². The highest BCUT2D eigenvalue weighted by molar-refractivity contribution is 6.91. The Bertz CT molecular complexity index is 1520. The molecule has 0 amide bonds. The third-order valence-corrected chi connectivity index (χ3v) is 7.11. The minimum absolute atomic E-state index is 0.0328. The van der Waals surface area contributed by atoms with Crippen LogP contribution >= 0.6 is 0 Å². The quantitative estimate of drug-likeness (QED) is 0.286. The summed E-state index contributed by atoms with van der Waals surface area (Å²) in [7, 11) is 2.16. The molecule has 0 saturated heterocycles. The smallest absolute Gasteiger partial charge is 0.335 e. The number of para-hydroxylation sites is 5. The molecule has 2 aliphatic rings. The summed E-state index contributed by atoms with van der Waals surface area (Å²) < 4.78 is 6.37. The lowest BCUT2D eigenvalue weighted by molar-refractivity contribution is 0.487. The fourth-order valence-electron chi connectivity index (χ4n) is 5.54. The van der Waals surface area contributed by atoms with Gasteiger partial charge in [-0.2, -0.15) is 0 Å². The van der Waals surface area contributed by atoms with Gasteiger partial charge in [0.2, 0.25) is 0 Å². The van der Waals surface area contributed by atoms with Crippen LogP contribution in [0.5, 0.6) is 11.5 Å². The lowest BCUT2D eigenvalue weighted by Gasteiger charge is -2.44. The van der Waals surface area contributed by atoms with Crippen molar-refractivity contribution in [2.24, 2.45) is 0 Å². The average Bonchev–Trinajstić information content (AvgIpc) is 2.93. The van der Waals surface area contributed by atoms with E-state index in [1.807, 2.05) is 12.1 Å². The van der Waals surface area contributed by atoms with Crippen LogP contribution in [0, 0.1) is 0 Å². The first-order chi connectivity index (χ1) is 17.3. The fraction of sp³-hybridized carbons (Fsp3) is 0.0323. The van der Waals surface area contributed by atoms with Crippen LogP contribution in [0.4, 0.5) is 22.7 Å². The summed E-state index contributed by atoms with van der Waals surface area (Å²) in [5.41, 5.74) is 9.51. The first-order valence-electron chi connectivity index (χ1n) is 12.0. The van der Waals surface area contributed by atoms with Gasteiger partial charge in [0.15, 0.2) is 0 Å². The molecule has 0 bridgehead atoms. The summed E-state index contributed by atoms with van der Waals surface area (Å²) in [5.74, 6) is 1.82. The molecule has 3 nitrogen and oxygen atoms in total. The minimum atomic E-state index is -0.0328. The van der Waals surface area contributed by atoms with Crippen LogP contribution in [0.1, 0.15) is 0 Å². The highest BCUT2D eigenvalue weighted by Crippen LogP contribution is 2.51. The van der Waals surface area contributed by atoms with E-state index in [0.717, 1.165) is 11.5 Å². The van der Waals surface area contributed by atoms with Gasteiger partial charge in [-0.05, 0) is 46.8 Å². The van der Waals surface area contributed by atoms with Crippen molar-refractivity contribution in [2.45, 2.75) is 0 Å². The van der Waals surface area contributed by atoms with Gasteiger partial charge in [-0.3, -0.25) is 0 Å². The van der Waals surface area contributed by atoms with E-state index in [0.29, 0.717) is 0 Å². The van der Waals surface area contributed by atoms with Crippen LogP contribution in [0.2, 0.25) is 0 Å². The third kappa shape index (κ3) is 3.00. The number of ether oxygens (including phenoxy) is 1. The standard InChI is InChI=1S/C31H23BN2O/c1-33-26-17-7-8-18-27(26)34(31-23(14-11-19-28(31)33)22-12-3-2-4-13-22)32-24-15-5-9-20-29(24)35-30-21-10-6-16-25(30)32/h2-21H,1H3. The Labute approximate surface area is 205 Å². The molecule has 4 heteroatoms. The molecule has 0 fully saturated rings. The zero-order chi connectivity index (χ0) is 23.4. The van der Waals surface area contributed by atoms with E-state index < -0.39 is 0 Å². The predicted octanol–water partition coefficient (Wildman–Crippen LogP) is 6.48. The number of benzene rings is 5. The number of anilines is 4. The largest absolute Gasteiger partial charge is 0.458 e. The van der Waals surface area contributed by atoms with Gasteiger partial charge in [0.25, 0.3) is 0 Å². The molecule has 5 aromatic rings. The summed E-state index contributed by atoms with van der Waals surface area (Å²) in [5, 5.41) is 0. The molecule has 0 atom stereocenters. The molecule has 2 heterocycles. The van der Waals surface area contributed by atoms with Gasteiger partial charge >= 0.3 is 6.85 Å².